The van der Waals surface area contributed by atoms with E-state index in [9.17, 15) is 4.79 Å². The molecule has 0 atom stereocenters. The van der Waals surface area contributed by atoms with Gasteiger partial charge in [0.05, 0.1) is 12.8 Å². The number of benzene rings is 2. The molecule has 4 rings (SSSR count). The molecule has 0 bridgehead atoms. The summed E-state index contributed by atoms with van der Waals surface area (Å²) in [6.45, 7) is 3.04. The second-order valence-electron chi connectivity index (χ2n) is 6.92. The van der Waals surface area contributed by atoms with E-state index in [1.165, 1.54) is 6.92 Å². The van der Waals surface area contributed by atoms with E-state index < -0.39 is 0 Å². The van der Waals surface area contributed by atoms with Gasteiger partial charge in [-0.15, -0.1) is 5.06 Å². The fraction of sp³-hybridized carbons (Fsp3) is 0.333. The summed E-state index contributed by atoms with van der Waals surface area (Å²) in [6, 6.07) is 10.9. The van der Waals surface area contributed by atoms with Crippen LogP contribution < -0.4 is 9.57 Å². The molecule has 0 spiro atoms. The number of fused-ring (bicyclic) bond motifs is 1. The standard InChI is InChI=1S/C21H21ClN2O4/c1-13(25)15-3-6-18(20(11-15)26-2)28-24-9-7-14(8-10-24)21-17-5-4-16(22)12-19(17)27-23-21/h3-6,11-12,14H,7-10H2,1-2H3. The van der Waals surface area contributed by atoms with Crippen molar-refractivity contribution in [3.05, 3.63) is 52.7 Å². The molecule has 0 radical (unpaired) electrons. The van der Waals surface area contributed by atoms with Gasteiger partial charge in [0.1, 0.15) is 0 Å². The van der Waals surface area contributed by atoms with Crippen molar-refractivity contribution in [1.29, 1.82) is 0 Å². The molecule has 6 nitrogen and oxygen atoms in total. The number of aromatic nitrogens is 1. The number of ketones is 1. The number of hydrogen-bond acceptors (Lipinski definition) is 6. The van der Waals surface area contributed by atoms with E-state index >= 15 is 0 Å². The number of piperidine rings is 1. The normalized spacial score (nSPS) is 15.7. The van der Waals surface area contributed by atoms with E-state index in [-0.39, 0.29) is 5.78 Å². The summed E-state index contributed by atoms with van der Waals surface area (Å²) >= 11 is 6.02. The third kappa shape index (κ3) is 3.70. The van der Waals surface area contributed by atoms with Crippen molar-refractivity contribution in [1.82, 2.24) is 10.2 Å². The number of rotatable bonds is 5. The number of hydrogen-bond donors (Lipinski definition) is 0. The first-order valence-corrected chi connectivity index (χ1v) is 9.59. The highest BCUT2D eigenvalue weighted by atomic mass is 35.5. The zero-order valence-electron chi connectivity index (χ0n) is 15.8. The summed E-state index contributed by atoms with van der Waals surface area (Å²) in [4.78, 5) is 17.6. The maximum absolute atomic E-state index is 11.5. The monoisotopic (exact) mass is 400 g/mol. The topological polar surface area (TPSA) is 64.8 Å². The molecule has 3 aromatic rings. The molecule has 0 saturated carbocycles. The quantitative estimate of drug-likeness (QED) is 0.569. The van der Waals surface area contributed by atoms with Crippen LogP contribution in [0.25, 0.3) is 11.0 Å². The Bertz CT molecular complexity index is 1010. The molecule has 2 aromatic carbocycles. The number of hydroxylamine groups is 2. The van der Waals surface area contributed by atoms with Crippen LogP contribution in [0.4, 0.5) is 0 Å². The lowest BCUT2D eigenvalue weighted by atomic mass is 9.92. The van der Waals surface area contributed by atoms with Crippen LogP contribution in [0.5, 0.6) is 11.5 Å². The number of methoxy groups -OCH3 is 1. The number of ether oxygens (including phenoxy) is 1. The lowest BCUT2D eigenvalue weighted by Gasteiger charge is -2.30. The van der Waals surface area contributed by atoms with Crippen molar-refractivity contribution < 1.29 is 18.9 Å². The van der Waals surface area contributed by atoms with E-state index in [0.29, 0.717) is 28.0 Å². The number of nitrogens with zero attached hydrogens (tertiary/aromatic N) is 2. The molecule has 0 N–H and O–H groups in total. The van der Waals surface area contributed by atoms with Crippen molar-refractivity contribution in [3.63, 3.8) is 0 Å². The van der Waals surface area contributed by atoms with Gasteiger partial charge in [0.25, 0.3) is 0 Å². The van der Waals surface area contributed by atoms with Gasteiger partial charge in [-0.1, -0.05) is 16.8 Å². The van der Waals surface area contributed by atoms with Gasteiger partial charge in [-0.05, 0) is 50.1 Å². The summed E-state index contributed by atoms with van der Waals surface area (Å²) in [7, 11) is 1.57. The fourth-order valence-corrected chi connectivity index (χ4v) is 3.71. The molecule has 0 unspecified atom stereocenters. The van der Waals surface area contributed by atoms with E-state index in [1.54, 1.807) is 31.4 Å². The van der Waals surface area contributed by atoms with Crippen molar-refractivity contribution in [2.75, 3.05) is 20.2 Å². The highest BCUT2D eigenvalue weighted by Gasteiger charge is 2.26. The molecule has 0 amide bonds. The maximum atomic E-state index is 11.5. The second kappa shape index (κ2) is 7.81. The van der Waals surface area contributed by atoms with E-state index in [4.69, 9.17) is 25.7 Å². The fourth-order valence-electron chi connectivity index (χ4n) is 3.55. The van der Waals surface area contributed by atoms with Crippen LogP contribution in [-0.4, -0.2) is 36.2 Å². The van der Waals surface area contributed by atoms with E-state index in [0.717, 1.165) is 42.6 Å². The van der Waals surface area contributed by atoms with Gasteiger partial charge in [0.2, 0.25) is 0 Å². The molecule has 2 heterocycles. The summed E-state index contributed by atoms with van der Waals surface area (Å²) in [5.74, 6) is 1.46. The Kier molecular flexibility index (Phi) is 5.24. The van der Waals surface area contributed by atoms with Crippen molar-refractivity contribution in [2.45, 2.75) is 25.7 Å². The lowest BCUT2D eigenvalue weighted by Crippen LogP contribution is -2.35. The summed E-state index contributed by atoms with van der Waals surface area (Å²) < 4.78 is 10.8. The first-order valence-electron chi connectivity index (χ1n) is 9.22. The van der Waals surface area contributed by atoms with E-state index in [1.807, 2.05) is 17.2 Å². The average Bonchev–Trinajstić information content (AvgIpc) is 3.11. The molecule has 146 valence electrons. The number of Topliss-reactive ketones (excluding diaryl/α,β-unsaturated/α-hetero) is 1. The summed E-state index contributed by atoms with van der Waals surface area (Å²) in [6.07, 6.45) is 1.80. The largest absolute Gasteiger partial charge is 0.493 e. The van der Waals surface area contributed by atoms with Crippen molar-refractivity contribution in [2.24, 2.45) is 0 Å². The van der Waals surface area contributed by atoms with Gasteiger partial charge >= 0.3 is 0 Å². The van der Waals surface area contributed by atoms with Gasteiger partial charge in [0, 0.05) is 41.0 Å². The van der Waals surface area contributed by atoms with Crippen molar-refractivity contribution in [3.8, 4) is 11.5 Å². The third-order valence-corrected chi connectivity index (χ3v) is 5.34. The Hall–Kier alpha value is -2.57. The minimum atomic E-state index is -0.00760. The van der Waals surface area contributed by atoms with Crippen LogP contribution in [0, 0.1) is 0 Å². The minimum absolute atomic E-state index is 0.00760. The lowest BCUT2D eigenvalue weighted by molar-refractivity contribution is -0.0774. The van der Waals surface area contributed by atoms with Gasteiger partial charge in [0.15, 0.2) is 22.9 Å². The van der Waals surface area contributed by atoms with Crippen LogP contribution in [-0.2, 0) is 0 Å². The highest BCUT2D eigenvalue weighted by Crippen LogP contribution is 2.35. The highest BCUT2D eigenvalue weighted by molar-refractivity contribution is 6.31. The molecular weight excluding hydrogens is 380 g/mol. The summed E-state index contributed by atoms with van der Waals surface area (Å²) in [5.41, 5.74) is 2.30. The predicted octanol–water partition coefficient (Wildman–Crippen LogP) is 4.87. The van der Waals surface area contributed by atoms with Crippen LogP contribution >= 0.6 is 11.6 Å². The van der Waals surface area contributed by atoms with Gasteiger partial charge in [-0.25, -0.2) is 0 Å². The molecular formula is C21H21ClN2O4. The van der Waals surface area contributed by atoms with Crippen LogP contribution in [0.15, 0.2) is 40.9 Å². The van der Waals surface area contributed by atoms with Gasteiger partial charge < -0.3 is 14.1 Å². The second-order valence-corrected chi connectivity index (χ2v) is 7.36. The zero-order chi connectivity index (χ0) is 19.7. The minimum Gasteiger partial charge on any atom is -0.493 e. The zero-order valence-corrected chi connectivity index (χ0v) is 16.5. The molecule has 1 aliphatic rings. The smallest absolute Gasteiger partial charge is 0.189 e. The molecule has 1 saturated heterocycles. The Labute approximate surface area is 167 Å². The first kappa shape index (κ1) is 18.8. The number of carbonyl (C=O) groups is 1. The Balaban J connectivity index is 1.44. The number of carbonyl (C=O) groups excluding carboxylic acids is 1. The van der Waals surface area contributed by atoms with E-state index in [2.05, 4.69) is 5.16 Å². The summed E-state index contributed by atoms with van der Waals surface area (Å²) in [5, 5.41) is 7.86. The molecule has 0 aliphatic carbocycles. The Morgan fingerprint density at radius 1 is 1.18 bits per heavy atom. The Morgan fingerprint density at radius 2 is 1.96 bits per heavy atom. The first-order chi connectivity index (χ1) is 13.5. The molecule has 28 heavy (non-hydrogen) atoms. The van der Waals surface area contributed by atoms with Gasteiger partial charge in [-0.3, -0.25) is 4.79 Å². The molecule has 1 aliphatic heterocycles. The van der Waals surface area contributed by atoms with Crippen LogP contribution in [0.3, 0.4) is 0 Å². The van der Waals surface area contributed by atoms with Crippen LogP contribution in [0.2, 0.25) is 5.02 Å². The predicted molar refractivity (Wildman–Crippen MR) is 106 cm³/mol. The molecule has 1 aromatic heterocycles. The third-order valence-electron chi connectivity index (χ3n) is 5.10. The van der Waals surface area contributed by atoms with Crippen molar-refractivity contribution >= 4 is 28.4 Å². The average molecular weight is 401 g/mol. The SMILES string of the molecule is COc1cc(C(C)=O)ccc1ON1CCC(c2noc3cc(Cl)ccc23)CC1. The molecule has 7 heteroatoms. The Morgan fingerprint density at radius 3 is 2.68 bits per heavy atom. The maximum Gasteiger partial charge on any atom is 0.189 e. The van der Waals surface area contributed by atoms with Gasteiger partial charge in [-0.2, -0.15) is 0 Å². The van der Waals surface area contributed by atoms with Crippen LogP contribution in [0.1, 0.15) is 41.7 Å². The number of halogens is 1. The molecule has 1 fully saturated rings.